The van der Waals surface area contributed by atoms with Crippen LogP contribution in [-0.4, -0.2) is 113 Å². The Bertz CT molecular complexity index is 3580. The van der Waals surface area contributed by atoms with Crippen LogP contribution in [0.3, 0.4) is 0 Å². The van der Waals surface area contributed by atoms with Crippen LogP contribution in [0.4, 0.5) is 9.59 Å². The van der Waals surface area contributed by atoms with E-state index in [-0.39, 0.29) is 12.1 Å². The maximum Gasteiger partial charge on any atom is 0.451 e. The van der Waals surface area contributed by atoms with E-state index in [0.29, 0.717) is 51.9 Å². The molecule has 1 aliphatic rings. The first-order chi connectivity index (χ1) is 51.5. The minimum Gasteiger partial charge on any atom is -0.444 e. The zero-order valence-corrected chi connectivity index (χ0v) is 76.0. The van der Waals surface area contributed by atoms with E-state index in [0.717, 1.165) is 139 Å². The van der Waals surface area contributed by atoms with Crippen molar-refractivity contribution in [2.24, 2.45) is 0 Å². The number of carbonyl (C=O) groups is 2. The van der Waals surface area contributed by atoms with Crippen molar-refractivity contribution in [3.05, 3.63) is 187 Å². The molecule has 109 heavy (non-hydrogen) atoms. The summed E-state index contributed by atoms with van der Waals surface area (Å²) in [6.07, 6.45) is 27.3. The summed E-state index contributed by atoms with van der Waals surface area (Å²) < 4.78 is 36.5. The van der Waals surface area contributed by atoms with E-state index >= 15 is 0 Å². The largest absolute Gasteiger partial charge is 0.451 e. The maximum absolute atomic E-state index is 12.7. The summed E-state index contributed by atoms with van der Waals surface area (Å²) in [5, 5.41) is 22.6. The number of unbranched alkanes of at least 4 members (excludes halogenated alkanes) is 2. The van der Waals surface area contributed by atoms with Gasteiger partial charge in [-0.05, 0) is 147 Å². The van der Waals surface area contributed by atoms with Crippen molar-refractivity contribution in [2.45, 2.75) is 293 Å². The summed E-state index contributed by atoms with van der Waals surface area (Å²) in [4.78, 5) is 40.3. The number of carbonyl (C=O) groups excluding carboxylic acids is 2. The lowest BCUT2D eigenvalue weighted by molar-refractivity contribution is 0.0481. The smallest absolute Gasteiger partial charge is 0.444 e. The number of halogens is 1. The fourth-order valence-corrected chi connectivity index (χ4v) is 13.5. The molecule has 4 heterocycles. The number of benzene rings is 3. The average molecular weight is 1620 g/mol. The van der Waals surface area contributed by atoms with Gasteiger partial charge in [0.1, 0.15) is 48.9 Å². The number of aromatic nitrogens is 6. The Morgan fingerprint density at radius 2 is 1.06 bits per heavy atom. The molecule has 4 N–H and O–H groups in total. The van der Waals surface area contributed by atoms with E-state index in [1.54, 1.807) is 12.2 Å². The van der Waals surface area contributed by atoms with E-state index in [9.17, 15) is 9.59 Å². The zero-order chi connectivity index (χ0) is 82.4. The Hall–Kier alpha value is -6.47. The first kappa shape index (κ1) is 101. The van der Waals surface area contributed by atoms with Gasteiger partial charge in [-0.15, -0.1) is 26.3 Å². The Morgan fingerprint density at radius 1 is 0.596 bits per heavy atom. The predicted molar refractivity (Wildman–Crippen MR) is 474 cm³/mol. The molecule has 0 fully saturated rings. The molecule has 22 heteroatoms. The summed E-state index contributed by atoms with van der Waals surface area (Å²) in [6.45, 7) is 65.2. The third-order valence-electron chi connectivity index (χ3n) is 16.3. The van der Waals surface area contributed by atoms with Crippen molar-refractivity contribution >= 4 is 59.5 Å². The average Bonchev–Trinajstić information content (AvgIpc) is 1.68. The second-order valence-electron chi connectivity index (χ2n) is 32.0. The second-order valence-corrected chi connectivity index (χ2v) is 49.7. The summed E-state index contributed by atoms with van der Waals surface area (Å²) in [7, 11) is -4.59. The van der Waals surface area contributed by atoms with Crippen molar-refractivity contribution in [1.82, 2.24) is 39.3 Å². The molecule has 0 spiro atoms. The van der Waals surface area contributed by atoms with Crippen molar-refractivity contribution < 1.29 is 43.3 Å². The van der Waals surface area contributed by atoms with Crippen LogP contribution in [0, 0.1) is 0 Å². The van der Waals surface area contributed by atoms with Gasteiger partial charge >= 0.3 is 19.3 Å². The molecule has 3 aromatic carbocycles. The van der Waals surface area contributed by atoms with Crippen LogP contribution in [0.1, 0.15) is 194 Å². The van der Waals surface area contributed by atoms with Gasteiger partial charge in [-0.2, -0.15) is 0 Å². The zero-order valence-electron chi connectivity index (χ0n) is 71.4. The van der Waals surface area contributed by atoms with Gasteiger partial charge in [0.05, 0.1) is 29.2 Å². The van der Waals surface area contributed by atoms with Gasteiger partial charge in [-0.1, -0.05) is 233 Å². The number of aryl methyl sites for hydroxylation is 2. The van der Waals surface area contributed by atoms with Crippen LogP contribution in [0.2, 0.25) is 83.4 Å². The first-order valence-electron chi connectivity index (χ1n) is 39.8. The molecule has 17 nitrogen and oxygen atoms in total. The molecule has 3 atom stereocenters. The SMILES string of the molecule is C=CCCCB(O)O.C=CCCCc1ccccc1-c1cn(COCC[Si](C)(C)C)c([C@H](CC=C)NC(=O)OC(C)(C)C)n1.C=CC[C@H](C)c1nc(-c2ccccc2Br)cn1COCC[Si](C)(C)C.CC.CC.CC.CC(C)(C)OC(=O)N[C@H]1CC=CCCCc2ccccc2-c2cn(COCC[Si](C)(C)C)c1n2. The summed E-state index contributed by atoms with van der Waals surface area (Å²) >= 11 is 3.63. The highest BCUT2D eigenvalue weighted by Gasteiger charge is 2.28. The minimum absolute atomic E-state index is 0.313. The molecule has 3 aromatic heterocycles. The number of nitrogens with zero attached hydrogens (tertiary/aromatic N) is 6. The third-order valence-corrected chi connectivity index (χ3v) is 22.1. The van der Waals surface area contributed by atoms with Crippen LogP contribution < -0.4 is 10.6 Å². The van der Waals surface area contributed by atoms with Gasteiger partial charge < -0.3 is 58.1 Å². The van der Waals surface area contributed by atoms with Crippen molar-refractivity contribution in [2.75, 3.05) is 19.8 Å². The Balaban J connectivity index is 0.000000760. The van der Waals surface area contributed by atoms with Gasteiger partial charge in [-0.3, -0.25) is 0 Å². The standard InChI is InChI=1S/C29H45N3O3Si.C27H41N3O3Si.C20H29BrN2OSi.C5H11BO2.3C2H6/c1-9-11-12-16-23-17-13-14-18-24(23)26-21-32(22-34-19-20-36(6,7)8)27(30-26)25(15-10-2)31-28(33)35-29(3,4)5;1-27(2,3)33-26(31)29-23-16-10-8-7-9-13-21-14-11-12-15-22(21)24-19-30(25(23)28-24)20-32-17-18-34(4,5)6;1-6-9-16(2)20-22-19(17-10-7-8-11-18(17)21)14-23(20)15-24-12-13-25(3,4)5;1-2-3-4-5-6(7)8;3*1-2/h9-10,13-14,17-18,21,25H,1-2,11-12,15-16,19-20,22H2,3-8H3,(H,31,33);8,10-12,14-15,19,23H,7,9,13,16-18,20H2,1-6H3,(H,29,31);6-8,10-11,14,16H,1,9,12-13,15H2,2-5H3;2,7-8H,1,3-5H2;3*1-2H3/t25-;23-;16-;;;;/m000..../s1. The number of rotatable bonds is 33. The molecule has 0 unspecified atom stereocenters. The molecule has 0 saturated carbocycles. The van der Waals surface area contributed by atoms with Crippen LogP contribution in [0.15, 0.2) is 159 Å². The van der Waals surface area contributed by atoms with E-state index in [4.69, 9.17) is 48.7 Å². The first-order valence-corrected chi connectivity index (χ1v) is 51.7. The number of alkyl carbamates (subject to hydrolysis) is 2. The number of ether oxygens (including phenoxy) is 5. The summed E-state index contributed by atoms with van der Waals surface area (Å²) in [6, 6.07) is 27.7. The third kappa shape index (κ3) is 42.7. The van der Waals surface area contributed by atoms with E-state index in [2.05, 4.69) is 196 Å². The van der Waals surface area contributed by atoms with E-state index in [1.165, 1.54) is 17.2 Å². The van der Waals surface area contributed by atoms with Gasteiger partial charge in [0.25, 0.3) is 0 Å². The monoisotopic (exact) mass is 1620 g/mol. The number of allylic oxidation sites excluding steroid dienone is 4. The van der Waals surface area contributed by atoms with Crippen molar-refractivity contribution in [3.8, 4) is 33.8 Å². The number of nitrogens with one attached hydrogen (secondary N) is 2. The normalized spacial score (nSPS) is 13.2. The molecule has 0 saturated heterocycles. The van der Waals surface area contributed by atoms with E-state index < -0.39 is 54.7 Å². The lowest BCUT2D eigenvalue weighted by Crippen LogP contribution is -2.36. The van der Waals surface area contributed by atoms with Crippen LogP contribution in [-0.2, 0) is 56.7 Å². The quantitative estimate of drug-likeness (QED) is 0.0173. The van der Waals surface area contributed by atoms with Gasteiger partial charge in [0.2, 0.25) is 0 Å². The minimum atomic E-state index is -1.20. The fraction of sp³-hybridized carbons (Fsp3) is 0.552. The molecule has 608 valence electrons. The highest BCUT2D eigenvalue weighted by atomic mass is 79.9. The maximum atomic E-state index is 12.7. The highest BCUT2D eigenvalue weighted by Crippen LogP contribution is 2.33. The number of amides is 2. The molecular weight excluding hydrogens is 1480 g/mol. The number of fused-ring (bicyclic) bond motifs is 4. The number of hydrogen-bond acceptors (Lipinski definition) is 12. The molecule has 7 rings (SSSR count). The molecule has 2 amide bonds. The van der Waals surface area contributed by atoms with Gasteiger partial charge in [0.15, 0.2) is 0 Å². The number of hydrogen-bond donors (Lipinski definition) is 4. The Morgan fingerprint density at radius 3 is 1.58 bits per heavy atom. The molecule has 6 aromatic rings. The lowest BCUT2D eigenvalue weighted by atomic mass is 9.84. The highest BCUT2D eigenvalue weighted by molar-refractivity contribution is 9.10. The molecular formula is C87H144BBrN8O9Si3. The van der Waals surface area contributed by atoms with Crippen molar-refractivity contribution in [1.29, 1.82) is 0 Å². The molecule has 1 aliphatic heterocycles. The van der Waals surface area contributed by atoms with Crippen molar-refractivity contribution in [3.63, 3.8) is 0 Å². The molecule has 0 radical (unpaired) electrons. The van der Waals surface area contributed by atoms with Crippen LogP contribution in [0.25, 0.3) is 33.8 Å². The molecule has 0 aliphatic carbocycles. The summed E-state index contributed by atoms with van der Waals surface area (Å²) in [5.74, 6) is 2.88. The lowest BCUT2D eigenvalue weighted by Gasteiger charge is -2.23. The van der Waals surface area contributed by atoms with Crippen LogP contribution in [0.5, 0.6) is 0 Å². The number of imidazole rings is 3. The van der Waals surface area contributed by atoms with E-state index in [1.807, 2.05) is 135 Å². The summed E-state index contributed by atoms with van der Waals surface area (Å²) in [5.41, 5.74) is 7.50. The second kappa shape index (κ2) is 53.5. The topological polar surface area (TPSA) is 198 Å². The van der Waals surface area contributed by atoms with Gasteiger partial charge in [0, 0.05) is 89.7 Å². The Kier molecular flexibility index (Phi) is 49.3. The fourth-order valence-electron chi connectivity index (χ4n) is 10.7. The Labute approximate surface area is 672 Å². The predicted octanol–water partition coefficient (Wildman–Crippen LogP) is 24.0. The van der Waals surface area contributed by atoms with Crippen LogP contribution >= 0.6 is 15.9 Å². The molecule has 2 bridgehead atoms. The van der Waals surface area contributed by atoms with Gasteiger partial charge in [-0.25, -0.2) is 24.5 Å².